The third-order valence-corrected chi connectivity index (χ3v) is 3.48. The van der Waals surface area contributed by atoms with E-state index in [0.29, 0.717) is 17.4 Å². The van der Waals surface area contributed by atoms with Crippen LogP contribution in [0.25, 0.3) is 11.4 Å². The molecule has 2 aromatic rings. The van der Waals surface area contributed by atoms with E-state index in [0.717, 1.165) is 5.56 Å². The Morgan fingerprint density at radius 1 is 1.41 bits per heavy atom. The highest BCUT2D eigenvalue weighted by Gasteiger charge is 2.16. The van der Waals surface area contributed by atoms with E-state index in [1.165, 1.54) is 4.80 Å². The minimum atomic E-state index is -0.118. The molecule has 0 fully saturated rings. The SMILES string of the molecule is CC(CN)N(C)C(=O)Cn1nnc(-c2ccc(Cl)cc2)n1.Cl. The van der Waals surface area contributed by atoms with Gasteiger partial charge < -0.3 is 10.6 Å². The van der Waals surface area contributed by atoms with Gasteiger partial charge in [-0.1, -0.05) is 11.6 Å². The number of halogens is 2. The number of likely N-dealkylation sites (N-methyl/N-ethyl adjacent to an activating group) is 1. The van der Waals surface area contributed by atoms with Gasteiger partial charge in [0.15, 0.2) is 0 Å². The Kier molecular flexibility index (Phi) is 6.73. The highest BCUT2D eigenvalue weighted by Crippen LogP contribution is 2.16. The first-order valence-corrected chi connectivity index (χ1v) is 6.88. The van der Waals surface area contributed by atoms with Gasteiger partial charge in [0.25, 0.3) is 0 Å². The molecule has 7 nitrogen and oxygen atoms in total. The van der Waals surface area contributed by atoms with Crippen LogP contribution in [0.2, 0.25) is 5.02 Å². The van der Waals surface area contributed by atoms with Crippen molar-refractivity contribution in [1.29, 1.82) is 0 Å². The smallest absolute Gasteiger partial charge is 0.246 e. The molecular formula is C13H18Cl2N6O. The quantitative estimate of drug-likeness (QED) is 0.880. The maximum absolute atomic E-state index is 12.0. The van der Waals surface area contributed by atoms with Crippen molar-refractivity contribution in [2.75, 3.05) is 13.6 Å². The molecule has 1 aromatic carbocycles. The average molecular weight is 345 g/mol. The lowest BCUT2D eigenvalue weighted by Gasteiger charge is -2.23. The lowest BCUT2D eigenvalue weighted by atomic mass is 10.2. The molecule has 9 heteroatoms. The lowest BCUT2D eigenvalue weighted by Crippen LogP contribution is -2.41. The number of carbonyl (C=O) groups excluding carboxylic acids is 1. The van der Waals surface area contributed by atoms with Gasteiger partial charge in [-0.3, -0.25) is 4.79 Å². The Balaban J connectivity index is 0.00000242. The summed E-state index contributed by atoms with van der Waals surface area (Å²) in [5.41, 5.74) is 6.33. The van der Waals surface area contributed by atoms with Crippen molar-refractivity contribution >= 4 is 29.9 Å². The van der Waals surface area contributed by atoms with Gasteiger partial charge in [-0.2, -0.15) is 4.80 Å². The fourth-order valence-electron chi connectivity index (χ4n) is 1.66. The summed E-state index contributed by atoms with van der Waals surface area (Å²) < 4.78 is 0. The van der Waals surface area contributed by atoms with Crippen LogP contribution in [0, 0.1) is 0 Å². The van der Waals surface area contributed by atoms with E-state index in [4.69, 9.17) is 17.3 Å². The fourth-order valence-corrected chi connectivity index (χ4v) is 1.79. The van der Waals surface area contributed by atoms with E-state index < -0.39 is 0 Å². The molecule has 0 saturated carbocycles. The van der Waals surface area contributed by atoms with Gasteiger partial charge in [0.05, 0.1) is 0 Å². The first-order chi connectivity index (χ1) is 10.0. The second-order valence-electron chi connectivity index (χ2n) is 4.74. The summed E-state index contributed by atoms with van der Waals surface area (Å²) in [6, 6.07) is 7.07. The van der Waals surface area contributed by atoms with Crippen molar-refractivity contribution in [2.45, 2.75) is 19.5 Å². The van der Waals surface area contributed by atoms with Crippen molar-refractivity contribution in [2.24, 2.45) is 5.73 Å². The van der Waals surface area contributed by atoms with Gasteiger partial charge >= 0.3 is 0 Å². The summed E-state index contributed by atoms with van der Waals surface area (Å²) in [6.45, 7) is 2.32. The van der Waals surface area contributed by atoms with Gasteiger partial charge in [0.1, 0.15) is 6.54 Å². The predicted octanol–water partition coefficient (Wildman–Crippen LogP) is 1.22. The number of amides is 1. The molecule has 1 heterocycles. The van der Waals surface area contributed by atoms with E-state index in [2.05, 4.69) is 15.4 Å². The number of nitrogens with zero attached hydrogens (tertiary/aromatic N) is 5. The molecule has 0 bridgehead atoms. The van der Waals surface area contributed by atoms with Crippen LogP contribution in [0.4, 0.5) is 0 Å². The zero-order valence-electron chi connectivity index (χ0n) is 12.3. The highest BCUT2D eigenvalue weighted by atomic mass is 35.5. The molecule has 22 heavy (non-hydrogen) atoms. The van der Waals surface area contributed by atoms with Crippen molar-refractivity contribution in [3.63, 3.8) is 0 Å². The summed E-state index contributed by atoms with van der Waals surface area (Å²) >= 11 is 5.83. The maximum Gasteiger partial charge on any atom is 0.246 e. The molecule has 0 saturated heterocycles. The standard InChI is InChI=1S/C13H17ClN6O.ClH/c1-9(7-15)19(2)12(21)8-20-17-13(16-18-20)10-3-5-11(14)6-4-10;/h3-6,9H,7-8,15H2,1-2H3;1H. The summed E-state index contributed by atoms with van der Waals surface area (Å²) in [5, 5.41) is 12.7. The number of hydrogen-bond donors (Lipinski definition) is 1. The Morgan fingerprint density at radius 2 is 2.05 bits per heavy atom. The van der Waals surface area contributed by atoms with Crippen molar-refractivity contribution in [1.82, 2.24) is 25.1 Å². The monoisotopic (exact) mass is 344 g/mol. The maximum atomic E-state index is 12.0. The topological polar surface area (TPSA) is 89.9 Å². The summed E-state index contributed by atoms with van der Waals surface area (Å²) in [7, 11) is 1.71. The van der Waals surface area contributed by atoms with Gasteiger partial charge in [-0.15, -0.1) is 22.6 Å². The number of hydrogen-bond acceptors (Lipinski definition) is 5. The first-order valence-electron chi connectivity index (χ1n) is 6.50. The Labute approximate surface area is 139 Å². The number of rotatable bonds is 5. The van der Waals surface area contributed by atoms with Gasteiger partial charge in [0.2, 0.25) is 11.7 Å². The number of aromatic nitrogens is 4. The summed E-state index contributed by atoms with van der Waals surface area (Å²) in [6.07, 6.45) is 0. The van der Waals surface area contributed by atoms with Gasteiger partial charge in [0, 0.05) is 30.2 Å². The van der Waals surface area contributed by atoms with Crippen molar-refractivity contribution in [3.8, 4) is 11.4 Å². The molecule has 1 amide bonds. The third-order valence-electron chi connectivity index (χ3n) is 3.23. The van der Waals surface area contributed by atoms with Crippen LogP contribution in [-0.2, 0) is 11.3 Å². The largest absolute Gasteiger partial charge is 0.340 e. The van der Waals surface area contributed by atoms with Gasteiger partial charge in [-0.05, 0) is 36.4 Å². The summed E-state index contributed by atoms with van der Waals surface area (Å²) in [4.78, 5) is 14.9. The highest BCUT2D eigenvalue weighted by molar-refractivity contribution is 6.30. The molecule has 0 aliphatic carbocycles. The number of carbonyl (C=O) groups is 1. The Morgan fingerprint density at radius 3 is 2.64 bits per heavy atom. The predicted molar refractivity (Wildman–Crippen MR) is 86.8 cm³/mol. The van der Waals surface area contributed by atoms with Crippen LogP contribution in [0.5, 0.6) is 0 Å². The molecule has 1 unspecified atom stereocenters. The summed E-state index contributed by atoms with van der Waals surface area (Å²) in [5.74, 6) is 0.335. The zero-order chi connectivity index (χ0) is 15.4. The van der Waals surface area contributed by atoms with E-state index in [1.54, 1.807) is 36.2 Å². The van der Waals surface area contributed by atoms with Crippen LogP contribution in [0.3, 0.4) is 0 Å². The van der Waals surface area contributed by atoms with E-state index >= 15 is 0 Å². The van der Waals surface area contributed by atoms with Gasteiger partial charge in [-0.25, -0.2) is 0 Å². The van der Waals surface area contributed by atoms with E-state index in [1.807, 2.05) is 6.92 Å². The van der Waals surface area contributed by atoms with Crippen LogP contribution >= 0.6 is 24.0 Å². The first kappa shape index (κ1) is 18.3. The molecule has 0 aliphatic heterocycles. The van der Waals surface area contributed by atoms with E-state index in [-0.39, 0.29) is 30.9 Å². The van der Waals surface area contributed by atoms with Crippen LogP contribution in [-0.4, -0.2) is 50.6 Å². The van der Waals surface area contributed by atoms with Crippen LogP contribution < -0.4 is 5.73 Å². The molecule has 0 radical (unpaired) electrons. The number of benzene rings is 1. The van der Waals surface area contributed by atoms with Crippen molar-refractivity contribution in [3.05, 3.63) is 29.3 Å². The molecule has 0 aliphatic rings. The second kappa shape index (κ2) is 8.07. The molecule has 1 atom stereocenters. The zero-order valence-corrected chi connectivity index (χ0v) is 13.9. The second-order valence-corrected chi connectivity index (χ2v) is 5.18. The molecular weight excluding hydrogens is 327 g/mol. The number of tetrazole rings is 1. The Bertz CT molecular complexity index is 615. The molecule has 1 aromatic heterocycles. The molecule has 2 N–H and O–H groups in total. The van der Waals surface area contributed by atoms with Crippen LogP contribution in [0.15, 0.2) is 24.3 Å². The minimum absolute atomic E-state index is 0. The minimum Gasteiger partial charge on any atom is -0.340 e. The molecule has 2 rings (SSSR count). The molecule has 0 spiro atoms. The number of nitrogens with two attached hydrogens (primary N) is 1. The lowest BCUT2D eigenvalue weighted by molar-refractivity contribution is -0.132. The normalized spacial score (nSPS) is 11.6. The Hall–Kier alpha value is -1.70. The molecule has 120 valence electrons. The average Bonchev–Trinajstić information content (AvgIpc) is 2.94. The van der Waals surface area contributed by atoms with Crippen LogP contribution in [0.1, 0.15) is 6.92 Å². The van der Waals surface area contributed by atoms with E-state index in [9.17, 15) is 4.79 Å². The van der Waals surface area contributed by atoms with Crippen molar-refractivity contribution < 1.29 is 4.79 Å². The third kappa shape index (κ3) is 4.40. The fraction of sp³-hybridized carbons (Fsp3) is 0.385.